The molecule has 1 unspecified atom stereocenters. The van der Waals surface area contributed by atoms with Gasteiger partial charge in [0.1, 0.15) is 18.3 Å². The molecule has 0 aromatic heterocycles. The summed E-state index contributed by atoms with van der Waals surface area (Å²) < 4.78 is 34.2. The Balaban J connectivity index is 1.69. The first kappa shape index (κ1) is 29.1. The molecule has 40 heavy (non-hydrogen) atoms. The molecule has 0 saturated heterocycles. The molecule has 1 fully saturated rings. The molecule has 1 aliphatic carbocycles. The SMILES string of the molecule is COc1cccc(CN(C(=O)CN(c2ccccc2C)S(=O)(=O)c2ccccc2)C(C)C(=O)NC2CCCC2)c1. The maximum atomic E-state index is 14.1. The third-order valence-electron chi connectivity index (χ3n) is 7.35. The highest BCUT2D eigenvalue weighted by atomic mass is 32.2. The number of para-hydroxylation sites is 1. The summed E-state index contributed by atoms with van der Waals surface area (Å²) >= 11 is 0. The molecule has 8 nitrogen and oxygen atoms in total. The van der Waals surface area contributed by atoms with Crippen molar-refractivity contribution in [3.05, 3.63) is 90.0 Å². The summed E-state index contributed by atoms with van der Waals surface area (Å²) in [7, 11) is -2.52. The smallest absolute Gasteiger partial charge is 0.264 e. The summed E-state index contributed by atoms with van der Waals surface area (Å²) in [4.78, 5) is 28.9. The number of hydrogen-bond acceptors (Lipinski definition) is 5. The van der Waals surface area contributed by atoms with Gasteiger partial charge in [0.25, 0.3) is 10.0 Å². The molecule has 1 N–H and O–H groups in total. The lowest BCUT2D eigenvalue weighted by Crippen LogP contribution is -2.52. The van der Waals surface area contributed by atoms with Gasteiger partial charge in [-0.15, -0.1) is 0 Å². The van der Waals surface area contributed by atoms with Crippen LogP contribution in [0.5, 0.6) is 5.75 Å². The second kappa shape index (κ2) is 13.0. The van der Waals surface area contributed by atoms with Gasteiger partial charge in [0.2, 0.25) is 11.8 Å². The quantitative estimate of drug-likeness (QED) is 0.366. The van der Waals surface area contributed by atoms with Crippen LogP contribution in [0.2, 0.25) is 0 Å². The Morgan fingerprint density at radius 2 is 1.65 bits per heavy atom. The monoisotopic (exact) mass is 563 g/mol. The highest BCUT2D eigenvalue weighted by molar-refractivity contribution is 7.92. The first-order chi connectivity index (χ1) is 19.2. The second-order valence-corrected chi connectivity index (χ2v) is 12.0. The Morgan fingerprint density at radius 1 is 0.975 bits per heavy atom. The Morgan fingerprint density at radius 3 is 2.33 bits per heavy atom. The molecule has 0 spiro atoms. The summed E-state index contributed by atoms with van der Waals surface area (Å²) in [6.07, 6.45) is 3.96. The third-order valence-corrected chi connectivity index (χ3v) is 9.12. The maximum absolute atomic E-state index is 14.1. The highest BCUT2D eigenvalue weighted by Crippen LogP contribution is 2.27. The molecule has 9 heteroatoms. The molecule has 0 bridgehead atoms. The summed E-state index contributed by atoms with van der Waals surface area (Å²) in [5.41, 5.74) is 1.88. The van der Waals surface area contributed by atoms with E-state index in [0.29, 0.717) is 17.0 Å². The highest BCUT2D eigenvalue weighted by Gasteiger charge is 2.33. The van der Waals surface area contributed by atoms with E-state index in [1.807, 2.05) is 24.3 Å². The van der Waals surface area contributed by atoms with Crippen molar-refractivity contribution in [1.82, 2.24) is 10.2 Å². The molecule has 1 saturated carbocycles. The zero-order chi connectivity index (χ0) is 28.7. The lowest BCUT2D eigenvalue weighted by molar-refractivity contribution is -0.139. The fourth-order valence-corrected chi connectivity index (χ4v) is 6.52. The van der Waals surface area contributed by atoms with Crippen LogP contribution in [0.25, 0.3) is 0 Å². The molecular formula is C31H37N3O5S. The van der Waals surface area contributed by atoms with Crippen molar-refractivity contribution < 1.29 is 22.7 Å². The lowest BCUT2D eigenvalue weighted by Gasteiger charge is -2.33. The number of rotatable bonds is 11. The minimum atomic E-state index is -4.09. The van der Waals surface area contributed by atoms with Gasteiger partial charge in [-0.1, -0.05) is 61.4 Å². The fourth-order valence-electron chi connectivity index (χ4n) is 5.02. The van der Waals surface area contributed by atoms with Crippen LogP contribution in [-0.4, -0.2) is 50.9 Å². The van der Waals surface area contributed by atoms with Crippen LogP contribution < -0.4 is 14.4 Å². The van der Waals surface area contributed by atoms with E-state index >= 15 is 0 Å². The van der Waals surface area contributed by atoms with E-state index in [2.05, 4.69) is 5.32 Å². The van der Waals surface area contributed by atoms with Crippen LogP contribution in [0, 0.1) is 6.92 Å². The fraction of sp³-hybridized carbons (Fsp3) is 0.355. The van der Waals surface area contributed by atoms with Crippen molar-refractivity contribution in [1.29, 1.82) is 0 Å². The van der Waals surface area contributed by atoms with E-state index in [-0.39, 0.29) is 23.4 Å². The predicted molar refractivity (Wildman–Crippen MR) is 156 cm³/mol. The minimum absolute atomic E-state index is 0.0809. The normalized spacial score (nSPS) is 14.4. The van der Waals surface area contributed by atoms with Gasteiger partial charge in [-0.2, -0.15) is 0 Å². The minimum Gasteiger partial charge on any atom is -0.497 e. The van der Waals surface area contributed by atoms with Gasteiger partial charge in [-0.25, -0.2) is 8.42 Å². The number of nitrogens with one attached hydrogen (secondary N) is 1. The van der Waals surface area contributed by atoms with Crippen molar-refractivity contribution in [3.63, 3.8) is 0 Å². The van der Waals surface area contributed by atoms with Gasteiger partial charge >= 0.3 is 0 Å². The number of carbonyl (C=O) groups excluding carboxylic acids is 2. The van der Waals surface area contributed by atoms with Crippen molar-refractivity contribution in [2.24, 2.45) is 0 Å². The first-order valence-corrected chi connectivity index (χ1v) is 15.0. The number of anilines is 1. The Bertz CT molecular complexity index is 1420. The maximum Gasteiger partial charge on any atom is 0.264 e. The molecule has 4 rings (SSSR count). The summed E-state index contributed by atoms with van der Waals surface area (Å²) in [5, 5.41) is 3.08. The van der Waals surface area contributed by atoms with Crippen LogP contribution >= 0.6 is 0 Å². The van der Waals surface area contributed by atoms with Crippen LogP contribution in [0.15, 0.2) is 83.8 Å². The molecule has 1 aliphatic rings. The molecule has 3 aromatic carbocycles. The number of hydrogen-bond donors (Lipinski definition) is 1. The van der Waals surface area contributed by atoms with E-state index in [0.717, 1.165) is 35.6 Å². The average molecular weight is 564 g/mol. The zero-order valence-electron chi connectivity index (χ0n) is 23.2. The van der Waals surface area contributed by atoms with Gasteiger partial charge in [-0.05, 0) is 68.1 Å². The van der Waals surface area contributed by atoms with Gasteiger partial charge in [0, 0.05) is 12.6 Å². The number of benzene rings is 3. The average Bonchev–Trinajstić information content (AvgIpc) is 3.48. The van der Waals surface area contributed by atoms with E-state index in [4.69, 9.17) is 4.74 Å². The van der Waals surface area contributed by atoms with E-state index in [9.17, 15) is 18.0 Å². The molecule has 0 radical (unpaired) electrons. The molecule has 3 aromatic rings. The summed E-state index contributed by atoms with van der Waals surface area (Å²) in [5.74, 6) is -0.114. The van der Waals surface area contributed by atoms with Gasteiger partial charge in [-0.3, -0.25) is 13.9 Å². The standard InChI is InChI=1S/C31H37N3O5S/c1-23-12-7-10-19-29(23)34(40(37,38)28-17-5-4-6-18-28)22-30(35)33(21-25-13-11-16-27(20-25)39-3)24(2)31(36)32-26-14-8-9-15-26/h4-7,10-13,16-20,24,26H,8-9,14-15,21-22H2,1-3H3,(H,32,36). The Labute approximate surface area is 237 Å². The molecule has 212 valence electrons. The van der Waals surface area contributed by atoms with E-state index < -0.39 is 28.5 Å². The van der Waals surface area contributed by atoms with Gasteiger partial charge in [0.05, 0.1) is 17.7 Å². The Hall–Kier alpha value is -3.85. The van der Waals surface area contributed by atoms with Crippen LogP contribution in [0.1, 0.15) is 43.7 Å². The Kier molecular flexibility index (Phi) is 9.47. The van der Waals surface area contributed by atoms with Crippen LogP contribution in [0.3, 0.4) is 0 Å². The molecular weight excluding hydrogens is 526 g/mol. The van der Waals surface area contributed by atoms with Crippen molar-refractivity contribution in [2.75, 3.05) is 18.0 Å². The molecule has 1 atom stereocenters. The van der Waals surface area contributed by atoms with Gasteiger partial charge in [0.15, 0.2) is 0 Å². The summed E-state index contributed by atoms with van der Waals surface area (Å²) in [6, 6.07) is 21.7. The summed E-state index contributed by atoms with van der Waals surface area (Å²) in [6.45, 7) is 3.14. The van der Waals surface area contributed by atoms with Crippen LogP contribution in [-0.2, 0) is 26.2 Å². The van der Waals surface area contributed by atoms with Crippen molar-refractivity contribution in [3.8, 4) is 5.75 Å². The second-order valence-electron chi connectivity index (χ2n) is 10.2. The molecule has 0 aliphatic heterocycles. The van der Waals surface area contributed by atoms with Crippen LogP contribution in [0.4, 0.5) is 5.69 Å². The topological polar surface area (TPSA) is 96.0 Å². The number of aryl methyl sites for hydroxylation is 1. The third kappa shape index (κ3) is 6.83. The lowest BCUT2D eigenvalue weighted by atomic mass is 10.1. The van der Waals surface area contributed by atoms with Crippen molar-refractivity contribution >= 4 is 27.5 Å². The van der Waals surface area contributed by atoms with Crippen molar-refractivity contribution in [2.45, 2.75) is 63.1 Å². The number of ether oxygens (including phenoxy) is 1. The number of sulfonamides is 1. The number of methoxy groups -OCH3 is 1. The largest absolute Gasteiger partial charge is 0.497 e. The number of carbonyl (C=O) groups is 2. The molecule has 2 amide bonds. The number of amides is 2. The number of nitrogens with zero attached hydrogens (tertiary/aromatic N) is 2. The predicted octanol–water partition coefficient (Wildman–Crippen LogP) is 4.68. The van der Waals surface area contributed by atoms with E-state index in [1.54, 1.807) is 63.4 Å². The zero-order valence-corrected chi connectivity index (χ0v) is 24.1. The van der Waals surface area contributed by atoms with Gasteiger partial charge < -0.3 is 15.0 Å². The molecule has 0 heterocycles. The first-order valence-electron chi connectivity index (χ1n) is 13.6. The van der Waals surface area contributed by atoms with E-state index in [1.165, 1.54) is 17.0 Å².